The minimum absolute atomic E-state index is 0.0143. The number of aromatic nitrogens is 4. The van der Waals surface area contributed by atoms with Crippen LogP contribution in [0.5, 0.6) is 0 Å². The number of carbonyl (C=O) groups excluding carboxylic acids is 1. The number of anilines is 1. The van der Waals surface area contributed by atoms with E-state index in [1.54, 1.807) is 23.1 Å². The predicted octanol–water partition coefficient (Wildman–Crippen LogP) is 3.00. The number of halogens is 4. The summed E-state index contributed by atoms with van der Waals surface area (Å²) in [5.74, 6) is -1.47. The second kappa shape index (κ2) is 8.81. The maximum Gasteiger partial charge on any atom is 0.451 e. The number of hydrogen-bond acceptors (Lipinski definition) is 6. The summed E-state index contributed by atoms with van der Waals surface area (Å²) in [6.07, 6.45) is -2.74. The number of alkyl halides is 3. The number of rotatable bonds is 2. The zero-order valence-electron chi connectivity index (χ0n) is 19.2. The van der Waals surface area contributed by atoms with E-state index in [-0.39, 0.29) is 48.8 Å². The molecule has 188 valence electrons. The minimum atomic E-state index is -4.60. The Morgan fingerprint density at radius 2 is 2.06 bits per heavy atom. The van der Waals surface area contributed by atoms with Crippen LogP contribution in [0, 0.1) is 23.2 Å². The quantitative estimate of drug-likeness (QED) is 0.412. The monoisotopic (exact) mass is 520 g/mol. The molecule has 3 aromatic rings. The molecule has 2 aliphatic heterocycles. The first-order valence-electron chi connectivity index (χ1n) is 11.4. The van der Waals surface area contributed by atoms with Crippen molar-refractivity contribution in [2.45, 2.75) is 32.6 Å². The van der Waals surface area contributed by atoms with E-state index in [0.29, 0.717) is 41.1 Å². The Morgan fingerprint density at radius 1 is 1.28 bits per heavy atom. The van der Waals surface area contributed by atoms with Gasteiger partial charge in [-0.2, -0.15) is 18.4 Å². The van der Waals surface area contributed by atoms with E-state index in [0.717, 1.165) is 9.30 Å². The largest absolute Gasteiger partial charge is 0.451 e. The Morgan fingerprint density at radius 3 is 2.75 bits per heavy atom. The van der Waals surface area contributed by atoms with Crippen LogP contribution in [-0.2, 0) is 24.1 Å². The fraction of sp³-hybridized carbons (Fsp3) is 0.435. The van der Waals surface area contributed by atoms with Crippen LogP contribution in [0.15, 0.2) is 24.4 Å². The minimum Gasteiger partial charge on any atom is -0.369 e. The standard InChI is InChI=1S/C23H22ClF3N7O2/c1-13-10-31(20-14(9-28)11-34(36)18-3-2-15(24)8-17(18)20)5-4-16(13)21(35)32-6-7-33-19(12-32)29-30-22(33)23(25,26)27/h2-3,8,11,13,16,36H,4-7,10,12H2,1H3/q+1/t13-,16+/m1/s1. The molecule has 2 atom stereocenters. The van der Waals surface area contributed by atoms with Gasteiger partial charge in [-0.25, -0.2) is 0 Å². The van der Waals surface area contributed by atoms with Gasteiger partial charge in [0.05, 0.1) is 17.6 Å². The van der Waals surface area contributed by atoms with Gasteiger partial charge in [-0.3, -0.25) is 10.0 Å². The average molecular weight is 521 g/mol. The fourth-order valence-electron chi connectivity index (χ4n) is 5.22. The molecule has 0 saturated carbocycles. The number of piperidine rings is 1. The average Bonchev–Trinajstić information content (AvgIpc) is 3.27. The highest BCUT2D eigenvalue weighted by Crippen LogP contribution is 2.36. The molecule has 0 aliphatic carbocycles. The highest BCUT2D eigenvalue weighted by Gasteiger charge is 2.41. The van der Waals surface area contributed by atoms with Crippen LogP contribution in [0.3, 0.4) is 0 Å². The molecule has 2 aromatic heterocycles. The zero-order valence-corrected chi connectivity index (χ0v) is 20.0. The van der Waals surface area contributed by atoms with Crippen LogP contribution in [-0.4, -0.2) is 50.4 Å². The molecule has 1 N–H and O–H groups in total. The third-order valence-corrected chi connectivity index (χ3v) is 7.18. The summed E-state index contributed by atoms with van der Waals surface area (Å²) in [4.78, 5) is 16.9. The van der Waals surface area contributed by atoms with Crippen molar-refractivity contribution >= 4 is 34.1 Å². The number of benzene rings is 1. The molecule has 13 heteroatoms. The summed E-state index contributed by atoms with van der Waals surface area (Å²) in [6.45, 7) is 3.01. The summed E-state index contributed by atoms with van der Waals surface area (Å²) in [6, 6.07) is 7.14. The van der Waals surface area contributed by atoms with E-state index >= 15 is 0 Å². The first kappa shape index (κ1) is 24.1. The third kappa shape index (κ3) is 4.07. The summed E-state index contributed by atoms with van der Waals surface area (Å²) in [5.41, 5.74) is 1.42. The van der Waals surface area contributed by atoms with Crippen molar-refractivity contribution in [3.05, 3.63) is 46.6 Å². The Labute approximate surface area is 208 Å². The Kier molecular flexibility index (Phi) is 5.90. The first-order chi connectivity index (χ1) is 17.1. The van der Waals surface area contributed by atoms with Crippen molar-refractivity contribution in [3.8, 4) is 6.07 Å². The number of pyridine rings is 1. The van der Waals surface area contributed by atoms with Crippen molar-refractivity contribution in [2.24, 2.45) is 11.8 Å². The number of hydrogen-bond donors (Lipinski definition) is 1. The van der Waals surface area contributed by atoms with Crippen LogP contribution in [0.4, 0.5) is 18.9 Å². The molecule has 5 rings (SSSR count). The predicted molar refractivity (Wildman–Crippen MR) is 121 cm³/mol. The Hall–Kier alpha value is -3.59. The van der Waals surface area contributed by atoms with Gasteiger partial charge in [0.25, 0.3) is 5.52 Å². The molecule has 1 fully saturated rings. The smallest absolute Gasteiger partial charge is 0.369 e. The van der Waals surface area contributed by atoms with Gasteiger partial charge in [0.2, 0.25) is 17.9 Å². The van der Waals surface area contributed by atoms with Crippen molar-refractivity contribution in [1.82, 2.24) is 19.7 Å². The lowest BCUT2D eigenvalue weighted by atomic mass is 9.85. The van der Waals surface area contributed by atoms with Gasteiger partial charge >= 0.3 is 6.18 Å². The van der Waals surface area contributed by atoms with E-state index < -0.39 is 12.0 Å². The number of fused-ring (bicyclic) bond motifs is 2. The van der Waals surface area contributed by atoms with Crippen LogP contribution >= 0.6 is 11.6 Å². The first-order valence-corrected chi connectivity index (χ1v) is 11.8. The van der Waals surface area contributed by atoms with Gasteiger partial charge in [0.1, 0.15) is 11.6 Å². The van der Waals surface area contributed by atoms with E-state index in [1.807, 2.05) is 11.8 Å². The van der Waals surface area contributed by atoms with Gasteiger partial charge in [-0.05, 0) is 24.5 Å². The van der Waals surface area contributed by atoms with Crippen molar-refractivity contribution in [1.29, 1.82) is 5.26 Å². The third-order valence-electron chi connectivity index (χ3n) is 6.94. The highest BCUT2D eigenvalue weighted by atomic mass is 35.5. The molecule has 2 aliphatic rings. The van der Waals surface area contributed by atoms with E-state index in [1.165, 1.54) is 6.20 Å². The SMILES string of the molecule is C[C@@H]1CN(c2c(C#N)c[n+](O)c3ccc(Cl)cc23)CC[C@@H]1C(=O)N1CCn2c(nnc2C(F)(F)F)C1. The molecule has 1 amide bonds. The number of nitrogens with zero attached hydrogens (tertiary/aromatic N) is 7. The normalized spacial score (nSPS) is 20.3. The van der Waals surface area contributed by atoms with Gasteiger partial charge in [0.15, 0.2) is 5.82 Å². The van der Waals surface area contributed by atoms with Gasteiger partial charge in [-0.1, -0.05) is 18.5 Å². The lowest BCUT2D eigenvalue weighted by molar-refractivity contribution is -0.884. The summed E-state index contributed by atoms with van der Waals surface area (Å²) >= 11 is 6.20. The fourth-order valence-corrected chi connectivity index (χ4v) is 5.40. The number of amides is 1. The van der Waals surface area contributed by atoms with E-state index in [2.05, 4.69) is 16.3 Å². The lowest BCUT2D eigenvalue weighted by Crippen LogP contribution is -2.49. The van der Waals surface area contributed by atoms with E-state index in [9.17, 15) is 28.4 Å². The van der Waals surface area contributed by atoms with Gasteiger partial charge < -0.3 is 14.4 Å². The van der Waals surface area contributed by atoms with Crippen LogP contribution in [0.25, 0.3) is 10.9 Å². The summed E-state index contributed by atoms with van der Waals surface area (Å²) in [5, 5.41) is 28.1. The Bertz CT molecular complexity index is 1400. The number of nitriles is 1. The molecular formula is C23H22ClF3N7O2+. The molecule has 0 radical (unpaired) electrons. The molecule has 4 heterocycles. The van der Waals surface area contributed by atoms with E-state index in [4.69, 9.17) is 11.6 Å². The maximum atomic E-state index is 13.4. The number of carbonyl (C=O) groups is 1. The molecule has 1 saturated heterocycles. The zero-order chi connectivity index (χ0) is 25.8. The highest BCUT2D eigenvalue weighted by molar-refractivity contribution is 6.31. The molecule has 0 bridgehead atoms. The summed E-state index contributed by atoms with van der Waals surface area (Å²) in [7, 11) is 0. The van der Waals surface area contributed by atoms with Crippen molar-refractivity contribution in [2.75, 3.05) is 24.5 Å². The van der Waals surface area contributed by atoms with Crippen molar-refractivity contribution in [3.63, 3.8) is 0 Å². The molecule has 9 nitrogen and oxygen atoms in total. The second-order valence-corrected chi connectivity index (χ2v) is 9.61. The molecule has 0 unspecified atom stereocenters. The van der Waals surface area contributed by atoms with Crippen LogP contribution < -0.4 is 9.63 Å². The summed E-state index contributed by atoms with van der Waals surface area (Å²) < 4.78 is 41.3. The topological polar surface area (TPSA) is 102 Å². The second-order valence-electron chi connectivity index (χ2n) is 9.18. The van der Waals surface area contributed by atoms with Crippen LogP contribution in [0.2, 0.25) is 5.02 Å². The molecule has 0 spiro atoms. The van der Waals surface area contributed by atoms with Gasteiger partial charge in [-0.15, -0.1) is 10.2 Å². The molecule has 1 aromatic carbocycles. The molecule has 36 heavy (non-hydrogen) atoms. The molecular weight excluding hydrogens is 499 g/mol. The lowest BCUT2D eigenvalue weighted by Gasteiger charge is -2.40. The van der Waals surface area contributed by atoms with Crippen molar-refractivity contribution < 1.29 is 27.9 Å². The maximum absolute atomic E-state index is 13.4. The van der Waals surface area contributed by atoms with Crippen LogP contribution in [0.1, 0.15) is 30.6 Å². The Balaban J connectivity index is 1.36. The van der Waals surface area contributed by atoms with Gasteiger partial charge in [0, 0.05) is 47.9 Å².